The van der Waals surface area contributed by atoms with Gasteiger partial charge in [-0.1, -0.05) is 0 Å². The monoisotopic (exact) mass is 402 g/mol. The molecule has 0 radical (unpaired) electrons. The number of nitrogens with two attached hydrogens (primary N) is 2. The Balaban J connectivity index is 0. The predicted octanol–water partition coefficient (Wildman–Crippen LogP) is 0.944. The molecule has 1 aromatic rings. The lowest BCUT2D eigenvalue weighted by atomic mass is 10.2. The van der Waals surface area contributed by atoms with E-state index in [9.17, 15) is 0 Å². The summed E-state index contributed by atoms with van der Waals surface area (Å²) in [6.45, 7) is 2.48. The molecule has 0 unspecified atom stereocenters. The van der Waals surface area contributed by atoms with Crippen LogP contribution in [0.25, 0.3) is 0 Å². The molecule has 0 aliphatic heterocycles. The average molecular weight is 403 g/mol. The van der Waals surface area contributed by atoms with Crippen LogP contribution in [0.3, 0.4) is 0 Å². The number of thioether (sulfide) groups is 2. The normalized spacial score (nSPS) is 10.2. The van der Waals surface area contributed by atoms with Crippen molar-refractivity contribution in [1.82, 2.24) is 0 Å². The van der Waals surface area contributed by atoms with Gasteiger partial charge < -0.3 is 21.7 Å². The molecule has 0 bridgehead atoms. The minimum atomic E-state index is -4.67. The Kier molecular flexibility index (Phi) is 16.8. The molecule has 0 aliphatic rings. The topological polar surface area (TPSA) is 167 Å². The molecule has 0 spiro atoms. The largest absolute Gasteiger partial charge is 0.399 e. The van der Waals surface area contributed by atoms with Gasteiger partial charge in [-0.2, -0.15) is 31.9 Å². The number of anilines is 2. The van der Waals surface area contributed by atoms with Crippen LogP contribution in [0, 0.1) is 6.92 Å². The number of hydrogen-bond acceptors (Lipinski definition) is 8. The second-order valence-corrected chi connectivity index (χ2v) is 7.58. The summed E-state index contributed by atoms with van der Waals surface area (Å²) in [5.41, 5.74) is 13.6. The SMILES string of the molecule is Cc1cc(N)ccc1N.O=S(=O)(O)O.OCCSCCSCCO. The smallest absolute Gasteiger partial charge is 0.394 e. The van der Waals surface area contributed by atoms with E-state index in [-0.39, 0.29) is 13.2 Å². The predicted molar refractivity (Wildman–Crippen MR) is 103 cm³/mol. The maximum Gasteiger partial charge on any atom is 0.394 e. The van der Waals surface area contributed by atoms with Crippen LogP contribution >= 0.6 is 23.5 Å². The number of benzene rings is 1. The highest BCUT2D eigenvalue weighted by Crippen LogP contribution is 2.12. The Hall–Kier alpha value is -0.690. The first-order chi connectivity index (χ1) is 11.1. The number of nitrogen functional groups attached to an aromatic ring is 2. The molecule has 8 nitrogen and oxygen atoms in total. The molecule has 0 atom stereocenters. The number of aryl methyl sites for hydroxylation is 1. The van der Waals surface area contributed by atoms with E-state index in [4.69, 9.17) is 39.2 Å². The molecular weight excluding hydrogens is 376 g/mol. The summed E-state index contributed by atoms with van der Waals surface area (Å²) in [6.07, 6.45) is 0. The molecule has 1 aromatic carbocycles. The number of aliphatic hydroxyl groups excluding tert-OH is 2. The standard InChI is InChI=1S/C7H10N2.C6H14O2S2.H2O4S/c1-5-4-6(8)2-3-7(5)9;7-1-3-9-5-6-10-4-2-8;1-5(2,3)4/h2-4H,8-9H2,1H3;7-8H,1-6H2;(H2,1,2,3,4). The lowest BCUT2D eigenvalue weighted by Crippen LogP contribution is -1.93. The van der Waals surface area contributed by atoms with Crippen molar-refractivity contribution < 1.29 is 27.7 Å². The highest BCUT2D eigenvalue weighted by molar-refractivity contribution is 8.02. The highest BCUT2D eigenvalue weighted by Gasteiger charge is 1.90. The van der Waals surface area contributed by atoms with Gasteiger partial charge in [0.1, 0.15) is 0 Å². The van der Waals surface area contributed by atoms with Crippen molar-refractivity contribution in [3.63, 3.8) is 0 Å². The summed E-state index contributed by atoms with van der Waals surface area (Å²) in [7, 11) is -4.67. The van der Waals surface area contributed by atoms with Gasteiger partial charge in [-0.05, 0) is 30.7 Å². The van der Waals surface area contributed by atoms with Gasteiger partial charge in [0.05, 0.1) is 13.2 Å². The quantitative estimate of drug-likeness (QED) is 0.219. The third-order valence-electron chi connectivity index (χ3n) is 2.14. The summed E-state index contributed by atoms with van der Waals surface area (Å²) in [5, 5.41) is 16.8. The summed E-state index contributed by atoms with van der Waals surface area (Å²) < 4.78 is 31.6. The average Bonchev–Trinajstić information content (AvgIpc) is 2.46. The van der Waals surface area contributed by atoms with E-state index in [1.807, 2.05) is 19.1 Å². The first-order valence-corrected chi connectivity index (χ1v) is 10.5. The first-order valence-electron chi connectivity index (χ1n) is 6.80. The van der Waals surface area contributed by atoms with Crippen molar-refractivity contribution in [1.29, 1.82) is 0 Å². The van der Waals surface area contributed by atoms with Crippen LogP contribution in [-0.4, -0.2) is 64.0 Å². The summed E-state index contributed by atoms with van der Waals surface area (Å²) in [5.74, 6) is 3.82. The van der Waals surface area contributed by atoms with Crippen molar-refractivity contribution in [3.05, 3.63) is 23.8 Å². The van der Waals surface area contributed by atoms with Crippen LogP contribution in [0.1, 0.15) is 5.56 Å². The third kappa shape index (κ3) is 23.6. The van der Waals surface area contributed by atoms with E-state index >= 15 is 0 Å². The van der Waals surface area contributed by atoms with E-state index in [0.717, 1.165) is 39.9 Å². The Morgan fingerprint density at radius 2 is 1.38 bits per heavy atom. The Morgan fingerprint density at radius 3 is 1.67 bits per heavy atom. The van der Waals surface area contributed by atoms with Gasteiger partial charge in [0.15, 0.2) is 0 Å². The molecule has 0 fully saturated rings. The molecule has 0 amide bonds. The highest BCUT2D eigenvalue weighted by atomic mass is 32.3. The van der Waals surface area contributed by atoms with E-state index in [1.165, 1.54) is 0 Å². The minimum absolute atomic E-state index is 0.273. The van der Waals surface area contributed by atoms with Crippen molar-refractivity contribution in [2.24, 2.45) is 0 Å². The summed E-state index contributed by atoms with van der Waals surface area (Å²) in [4.78, 5) is 0. The van der Waals surface area contributed by atoms with Crippen LogP contribution < -0.4 is 11.5 Å². The number of rotatable bonds is 7. The van der Waals surface area contributed by atoms with Crippen molar-refractivity contribution in [3.8, 4) is 0 Å². The molecule has 0 saturated heterocycles. The zero-order valence-electron chi connectivity index (χ0n) is 13.5. The van der Waals surface area contributed by atoms with Gasteiger partial charge in [-0.15, -0.1) is 0 Å². The third-order valence-corrected chi connectivity index (χ3v) is 4.32. The van der Waals surface area contributed by atoms with Gasteiger partial charge in [0, 0.05) is 34.4 Å². The van der Waals surface area contributed by atoms with Crippen molar-refractivity contribution >= 4 is 45.3 Å². The Bertz CT molecular complexity index is 512. The van der Waals surface area contributed by atoms with Crippen LogP contribution in [-0.2, 0) is 10.4 Å². The number of hydrogen-bond donors (Lipinski definition) is 6. The molecule has 0 saturated carbocycles. The van der Waals surface area contributed by atoms with Gasteiger partial charge in [0.25, 0.3) is 0 Å². The Labute approximate surface area is 151 Å². The van der Waals surface area contributed by atoms with Crippen molar-refractivity contribution in [2.45, 2.75) is 6.92 Å². The summed E-state index contributed by atoms with van der Waals surface area (Å²) >= 11 is 3.50. The first kappa shape index (κ1) is 25.5. The van der Waals surface area contributed by atoms with E-state index < -0.39 is 10.4 Å². The molecule has 0 aromatic heterocycles. The summed E-state index contributed by atoms with van der Waals surface area (Å²) in [6, 6.07) is 5.46. The Morgan fingerprint density at radius 1 is 0.958 bits per heavy atom. The van der Waals surface area contributed by atoms with Crippen LogP contribution in [0.15, 0.2) is 18.2 Å². The van der Waals surface area contributed by atoms with E-state index in [0.29, 0.717) is 0 Å². The fourth-order valence-corrected chi connectivity index (χ4v) is 2.76. The molecule has 8 N–H and O–H groups in total. The minimum Gasteiger partial charge on any atom is -0.399 e. The second kappa shape index (κ2) is 15.8. The molecule has 24 heavy (non-hydrogen) atoms. The maximum atomic E-state index is 8.74. The van der Waals surface area contributed by atoms with E-state index in [1.54, 1.807) is 29.6 Å². The lowest BCUT2D eigenvalue weighted by Gasteiger charge is -1.98. The van der Waals surface area contributed by atoms with Gasteiger partial charge in [-0.3, -0.25) is 9.11 Å². The maximum absolute atomic E-state index is 8.74. The van der Waals surface area contributed by atoms with Gasteiger partial charge >= 0.3 is 10.4 Å². The number of aliphatic hydroxyl groups is 2. The van der Waals surface area contributed by atoms with Gasteiger partial charge in [0.2, 0.25) is 0 Å². The van der Waals surface area contributed by atoms with E-state index in [2.05, 4.69) is 0 Å². The fourth-order valence-electron chi connectivity index (χ4n) is 1.15. The van der Waals surface area contributed by atoms with Gasteiger partial charge in [-0.25, -0.2) is 0 Å². The second-order valence-electron chi connectivity index (χ2n) is 4.24. The fraction of sp³-hybridized carbons (Fsp3) is 0.538. The molecular formula is C13H26N2O6S3. The zero-order chi connectivity index (χ0) is 19.0. The van der Waals surface area contributed by atoms with Crippen LogP contribution in [0.2, 0.25) is 0 Å². The van der Waals surface area contributed by atoms with Crippen molar-refractivity contribution in [2.75, 3.05) is 47.7 Å². The lowest BCUT2D eigenvalue weighted by molar-refractivity contribution is 0.322. The molecule has 0 heterocycles. The molecule has 11 heteroatoms. The zero-order valence-corrected chi connectivity index (χ0v) is 15.9. The van der Waals surface area contributed by atoms with Crippen LogP contribution in [0.5, 0.6) is 0 Å². The van der Waals surface area contributed by atoms with Crippen LogP contribution in [0.4, 0.5) is 11.4 Å². The molecule has 1 rings (SSSR count). The molecule has 0 aliphatic carbocycles. The molecule has 142 valence electrons.